The maximum Gasteiger partial charge on any atom is 0.339 e. The summed E-state index contributed by atoms with van der Waals surface area (Å²) in [6.07, 6.45) is 5.51. The van der Waals surface area contributed by atoms with Gasteiger partial charge in [0.25, 0.3) is 5.56 Å². The van der Waals surface area contributed by atoms with Crippen LogP contribution in [0.5, 0.6) is 5.75 Å². The van der Waals surface area contributed by atoms with Crippen LogP contribution in [0, 0.1) is 0 Å². The second-order valence-corrected chi connectivity index (χ2v) is 9.95. The molecular formula is C25H29ClN2O4. The first-order chi connectivity index (χ1) is 15.1. The minimum absolute atomic E-state index is 0.0534. The highest BCUT2D eigenvalue weighted by atomic mass is 35.5. The first-order valence-corrected chi connectivity index (χ1v) is 11.5. The Morgan fingerprint density at radius 1 is 1.12 bits per heavy atom. The minimum Gasteiger partial charge on any atom is -0.482 e. The van der Waals surface area contributed by atoms with Crippen molar-refractivity contribution in [1.29, 1.82) is 0 Å². The lowest BCUT2D eigenvalue weighted by Gasteiger charge is -2.35. The quantitative estimate of drug-likeness (QED) is 0.596. The number of esters is 1. The summed E-state index contributed by atoms with van der Waals surface area (Å²) in [5.41, 5.74) is 0.756. The van der Waals surface area contributed by atoms with E-state index in [1.807, 2.05) is 51.1 Å². The molecule has 1 spiro atoms. The molecule has 4 rings (SSSR count). The molecule has 1 unspecified atom stereocenters. The largest absolute Gasteiger partial charge is 0.482 e. The molecule has 1 aromatic heterocycles. The highest BCUT2D eigenvalue weighted by Gasteiger charge is 2.50. The fourth-order valence-electron chi connectivity index (χ4n) is 4.73. The molecule has 1 fully saturated rings. The number of hydrogen-bond donors (Lipinski definition) is 0. The summed E-state index contributed by atoms with van der Waals surface area (Å²) in [6, 6.07) is 9.86. The van der Waals surface area contributed by atoms with Gasteiger partial charge in [-0.05, 0) is 58.9 Å². The van der Waals surface area contributed by atoms with E-state index in [0.717, 1.165) is 43.2 Å². The molecule has 1 aliphatic carbocycles. The van der Waals surface area contributed by atoms with Gasteiger partial charge in [-0.15, -0.1) is 0 Å². The number of aromatic nitrogens is 2. The third-order valence-corrected chi connectivity index (χ3v) is 6.54. The standard InChI is InChI=1S/C25H29ClN2O4/c1-16(31-18-15-27-28(24(2,3)4)22(29)21(18)26)19-20(17-11-7-5-8-12-17)25(32-23(19)30)13-9-6-10-14-25/h5,7-8,11-12,15-16H,6,9-10,13-14H2,1-4H3. The first kappa shape index (κ1) is 22.6. The van der Waals surface area contributed by atoms with Crippen molar-refractivity contribution in [2.24, 2.45) is 0 Å². The number of nitrogens with zero attached hydrogens (tertiary/aromatic N) is 2. The molecule has 0 bridgehead atoms. The molecule has 1 aliphatic heterocycles. The van der Waals surface area contributed by atoms with Crippen molar-refractivity contribution in [3.8, 4) is 5.75 Å². The normalized spacial score (nSPS) is 19.2. The summed E-state index contributed by atoms with van der Waals surface area (Å²) >= 11 is 6.36. The summed E-state index contributed by atoms with van der Waals surface area (Å²) in [6.45, 7) is 7.40. The van der Waals surface area contributed by atoms with Crippen LogP contribution in [0.15, 0.2) is 46.9 Å². The van der Waals surface area contributed by atoms with Crippen molar-refractivity contribution in [3.63, 3.8) is 0 Å². The van der Waals surface area contributed by atoms with Crippen LogP contribution >= 0.6 is 11.6 Å². The number of carbonyl (C=O) groups is 1. The highest BCUT2D eigenvalue weighted by molar-refractivity contribution is 6.31. The Bertz CT molecular complexity index is 1110. The molecule has 0 saturated heterocycles. The first-order valence-electron chi connectivity index (χ1n) is 11.1. The molecule has 7 heteroatoms. The van der Waals surface area contributed by atoms with Gasteiger partial charge >= 0.3 is 5.97 Å². The van der Waals surface area contributed by atoms with Crippen LogP contribution in [-0.4, -0.2) is 27.5 Å². The van der Waals surface area contributed by atoms with E-state index in [9.17, 15) is 9.59 Å². The predicted molar refractivity (Wildman–Crippen MR) is 124 cm³/mol. The van der Waals surface area contributed by atoms with E-state index >= 15 is 0 Å². The van der Waals surface area contributed by atoms with Crippen molar-refractivity contribution in [1.82, 2.24) is 9.78 Å². The van der Waals surface area contributed by atoms with Gasteiger partial charge in [0.05, 0.1) is 17.3 Å². The van der Waals surface area contributed by atoms with Crippen LogP contribution in [0.2, 0.25) is 5.02 Å². The predicted octanol–water partition coefficient (Wildman–Crippen LogP) is 5.13. The van der Waals surface area contributed by atoms with Crippen molar-refractivity contribution in [2.45, 2.75) is 77.0 Å². The lowest BCUT2D eigenvalue weighted by atomic mass is 9.75. The number of rotatable bonds is 4. The fourth-order valence-corrected chi connectivity index (χ4v) is 4.90. The molecule has 1 aromatic carbocycles. The lowest BCUT2D eigenvalue weighted by Crippen LogP contribution is -2.36. The average Bonchev–Trinajstić information content (AvgIpc) is 3.02. The molecule has 1 saturated carbocycles. The van der Waals surface area contributed by atoms with Crippen LogP contribution < -0.4 is 10.3 Å². The zero-order valence-corrected chi connectivity index (χ0v) is 19.7. The van der Waals surface area contributed by atoms with E-state index in [4.69, 9.17) is 21.1 Å². The van der Waals surface area contributed by atoms with Crippen LogP contribution in [-0.2, 0) is 15.1 Å². The van der Waals surface area contributed by atoms with E-state index in [0.29, 0.717) is 5.57 Å². The highest BCUT2D eigenvalue weighted by Crippen LogP contribution is 2.49. The Hall–Kier alpha value is -2.60. The fraction of sp³-hybridized carbons (Fsp3) is 0.480. The number of halogens is 1. The van der Waals surface area contributed by atoms with E-state index in [1.165, 1.54) is 10.9 Å². The molecule has 0 amide bonds. The smallest absolute Gasteiger partial charge is 0.339 e. The molecular weight excluding hydrogens is 428 g/mol. The Kier molecular flexibility index (Phi) is 5.93. The number of hydrogen-bond acceptors (Lipinski definition) is 5. The summed E-state index contributed by atoms with van der Waals surface area (Å²) in [5, 5.41) is 4.18. The molecule has 2 aromatic rings. The van der Waals surface area contributed by atoms with Gasteiger partial charge in [0.1, 0.15) is 11.7 Å². The van der Waals surface area contributed by atoms with Gasteiger partial charge in [0, 0.05) is 5.57 Å². The zero-order chi connectivity index (χ0) is 23.1. The maximum absolute atomic E-state index is 13.1. The van der Waals surface area contributed by atoms with E-state index in [1.54, 1.807) is 6.92 Å². The van der Waals surface area contributed by atoms with E-state index < -0.39 is 22.8 Å². The summed E-state index contributed by atoms with van der Waals surface area (Å²) in [7, 11) is 0. The monoisotopic (exact) mass is 456 g/mol. The third kappa shape index (κ3) is 3.96. The third-order valence-electron chi connectivity index (χ3n) is 6.19. The SMILES string of the molecule is CC(Oc1cnn(C(C)(C)C)c(=O)c1Cl)C1=C(c2ccccc2)C2(CCCCC2)OC1=O. The zero-order valence-electron chi connectivity index (χ0n) is 19.0. The average molecular weight is 457 g/mol. The minimum atomic E-state index is -0.664. The molecule has 6 nitrogen and oxygen atoms in total. The molecule has 32 heavy (non-hydrogen) atoms. The maximum atomic E-state index is 13.1. The summed E-state index contributed by atoms with van der Waals surface area (Å²) in [4.78, 5) is 25.8. The van der Waals surface area contributed by atoms with Gasteiger partial charge < -0.3 is 9.47 Å². The molecule has 0 radical (unpaired) electrons. The Balaban J connectivity index is 1.76. The van der Waals surface area contributed by atoms with Crippen molar-refractivity contribution < 1.29 is 14.3 Å². The lowest BCUT2D eigenvalue weighted by molar-refractivity contribution is -0.148. The van der Waals surface area contributed by atoms with Crippen LogP contribution in [0.4, 0.5) is 0 Å². The number of ether oxygens (including phenoxy) is 2. The van der Waals surface area contributed by atoms with Gasteiger partial charge in [0.15, 0.2) is 10.8 Å². The molecule has 2 aliphatic rings. The van der Waals surface area contributed by atoms with Crippen LogP contribution in [0.3, 0.4) is 0 Å². The molecule has 170 valence electrons. The van der Waals surface area contributed by atoms with Gasteiger partial charge in [-0.3, -0.25) is 4.79 Å². The summed E-state index contributed by atoms with van der Waals surface area (Å²) < 4.78 is 13.4. The van der Waals surface area contributed by atoms with E-state index in [-0.39, 0.29) is 16.7 Å². The van der Waals surface area contributed by atoms with Gasteiger partial charge in [-0.1, -0.05) is 48.4 Å². The molecule has 1 atom stereocenters. The van der Waals surface area contributed by atoms with Crippen LogP contribution in [0.25, 0.3) is 5.57 Å². The Morgan fingerprint density at radius 3 is 2.41 bits per heavy atom. The van der Waals surface area contributed by atoms with Crippen molar-refractivity contribution >= 4 is 23.1 Å². The van der Waals surface area contributed by atoms with Crippen molar-refractivity contribution in [2.75, 3.05) is 0 Å². The topological polar surface area (TPSA) is 70.4 Å². The van der Waals surface area contributed by atoms with Gasteiger partial charge in [-0.25, -0.2) is 9.48 Å². The number of carbonyl (C=O) groups excluding carboxylic acids is 1. The number of benzene rings is 1. The summed E-state index contributed by atoms with van der Waals surface area (Å²) in [5.74, 6) is -0.215. The van der Waals surface area contributed by atoms with Gasteiger partial charge in [-0.2, -0.15) is 5.10 Å². The van der Waals surface area contributed by atoms with Crippen molar-refractivity contribution in [3.05, 3.63) is 63.0 Å². The Labute approximate surface area is 193 Å². The second kappa shape index (κ2) is 8.39. The molecule has 2 heterocycles. The second-order valence-electron chi connectivity index (χ2n) is 9.57. The van der Waals surface area contributed by atoms with Gasteiger partial charge in [0.2, 0.25) is 0 Å². The molecule has 0 N–H and O–H groups in total. The van der Waals surface area contributed by atoms with E-state index in [2.05, 4.69) is 5.10 Å². The Morgan fingerprint density at radius 2 is 1.78 bits per heavy atom. The van der Waals surface area contributed by atoms with Crippen LogP contribution in [0.1, 0.15) is 65.4 Å².